The fourth-order valence-electron chi connectivity index (χ4n) is 2.25. The Bertz CT molecular complexity index is 593. The number of aromatic nitrogens is 2. The molecule has 4 nitrogen and oxygen atoms in total. The van der Waals surface area contributed by atoms with Gasteiger partial charge in [0.05, 0.1) is 30.9 Å². The van der Waals surface area contributed by atoms with E-state index in [1.807, 2.05) is 19.4 Å². The summed E-state index contributed by atoms with van der Waals surface area (Å²) < 4.78 is 20.9. The summed E-state index contributed by atoms with van der Waals surface area (Å²) in [4.78, 5) is 4.20. The molecule has 0 radical (unpaired) electrons. The van der Waals surface area contributed by atoms with Gasteiger partial charge in [-0.25, -0.2) is 9.37 Å². The average molecular weight is 275 g/mol. The molecular weight excluding hydrogens is 257 g/mol. The first-order chi connectivity index (χ1) is 9.78. The number of halogens is 1. The molecule has 0 aliphatic heterocycles. The maximum absolute atomic E-state index is 13.2. The maximum Gasteiger partial charge on any atom is 0.145 e. The molecule has 0 atom stereocenters. The molecule has 0 saturated heterocycles. The Morgan fingerprint density at radius 2 is 2.30 bits per heavy atom. The van der Waals surface area contributed by atoms with Gasteiger partial charge in [0.1, 0.15) is 11.6 Å². The number of hydrogen-bond donors (Lipinski definition) is 1. The highest BCUT2D eigenvalue weighted by molar-refractivity contribution is 5.56. The summed E-state index contributed by atoms with van der Waals surface area (Å²) >= 11 is 0. The minimum atomic E-state index is -0.290. The largest absolute Gasteiger partial charge is 0.492 e. The van der Waals surface area contributed by atoms with Gasteiger partial charge in [-0.05, 0) is 31.9 Å². The fourth-order valence-corrected chi connectivity index (χ4v) is 2.25. The summed E-state index contributed by atoms with van der Waals surface area (Å²) in [6.07, 6.45) is 6.20. The van der Waals surface area contributed by atoms with Gasteiger partial charge >= 0.3 is 0 Å². The van der Waals surface area contributed by atoms with Crippen LogP contribution >= 0.6 is 0 Å². The van der Waals surface area contributed by atoms with Crippen LogP contribution in [0.15, 0.2) is 30.7 Å². The van der Waals surface area contributed by atoms with Crippen molar-refractivity contribution in [2.45, 2.75) is 32.4 Å². The van der Waals surface area contributed by atoms with Gasteiger partial charge in [0, 0.05) is 18.3 Å². The Morgan fingerprint density at radius 1 is 1.45 bits per heavy atom. The molecular formula is C15H18FN3O. The van der Waals surface area contributed by atoms with Crippen molar-refractivity contribution in [1.29, 1.82) is 0 Å². The zero-order valence-electron chi connectivity index (χ0n) is 11.5. The van der Waals surface area contributed by atoms with Crippen molar-refractivity contribution >= 4 is 5.69 Å². The van der Waals surface area contributed by atoms with Crippen molar-refractivity contribution in [3.63, 3.8) is 0 Å². The van der Waals surface area contributed by atoms with E-state index < -0.39 is 0 Å². The number of rotatable bonds is 6. The lowest BCUT2D eigenvalue weighted by Crippen LogP contribution is -2.07. The van der Waals surface area contributed by atoms with Crippen molar-refractivity contribution in [2.75, 3.05) is 11.9 Å². The number of nitrogens with one attached hydrogen (secondary N) is 1. The Hall–Kier alpha value is -2.04. The quantitative estimate of drug-likeness (QED) is 0.878. The highest BCUT2D eigenvalue weighted by Gasteiger charge is 2.25. The second-order valence-electron chi connectivity index (χ2n) is 4.95. The van der Waals surface area contributed by atoms with Gasteiger partial charge in [-0.2, -0.15) is 0 Å². The van der Waals surface area contributed by atoms with E-state index in [1.54, 1.807) is 6.07 Å². The van der Waals surface area contributed by atoms with Crippen molar-refractivity contribution in [1.82, 2.24) is 9.55 Å². The standard InChI is InChI=1S/C15H18FN3O/c1-2-20-15-7-11(16)3-6-14(15)18-9-13-8-17-10-19(13)12-4-5-12/h3,6-8,10,12,18H,2,4-5,9H2,1H3. The second kappa shape index (κ2) is 5.53. The third kappa shape index (κ3) is 2.76. The molecule has 1 aliphatic carbocycles. The summed E-state index contributed by atoms with van der Waals surface area (Å²) in [6, 6.07) is 5.15. The van der Waals surface area contributed by atoms with Crippen LogP contribution in [0.2, 0.25) is 0 Å². The minimum absolute atomic E-state index is 0.290. The Morgan fingerprint density at radius 3 is 3.05 bits per heavy atom. The molecule has 0 amide bonds. The summed E-state index contributed by atoms with van der Waals surface area (Å²) in [5.74, 6) is 0.256. The number of ether oxygens (including phenoxy) is 1. The van der Waals surface area contributed by atoms with Gasteiger partial charge in [0.15, 0.2) is 0 Å². The molecule has 2 aromatic rings. The SMILES string of the molecule is CCOc1cc(F)ccc1NCc1cncn1C1CC1. The van der Waals surface area contributed by atoms with E-state index in [9.17, 15) is 4.39 Å². The number of hydrogen-bond acceptors (Lipinski definition) is 3. The molecule has 1 aromatic carbocycles. The molecule has 20 heavy (non-hydrogen) atoms. The molecule has 1 saturated carbocycles. The molecule has 0 unspecified atom stereocenters. The molecule has 1 heterocycles. The Kier molecular flexibility index (Phi) is 3.58. The first-order valence-corrected chi connectivity index (χ1v) is 6.95. The molecule has 5 heteroatoms. The summed E-state index contributed by atoms with van der Waals surface area (Å²) in [6.45, 7) is 3.05. The van der Waals surface area contributed by atoms with E-state index in [0.717, 1.165) is 11.4 Å². The van der Waals surface area contributed by atoms with Crippen molar-refractivity contribution < 1.29 is 9.13 Å². The van der Waals surface area contributed by atoms with Crippen LogP contribution in [0.25, 0.3) is 0 Å². The maximum atomic E-state index is 13.2. The number of imidazole rings is 1. The fraction of sp³-hybridized carbons (Fsp3) is 0.400. The van der Waals surface area contributed by atoms with Gasteiger partial charge in [0.2, 0.25) is 0 Å². The van der Waals surface area contributed by atoms with E-state index in [0.29, 0.717) is 24.9 Å². The van der Waals surface area contributed by atoms with Crippen molar-refractivity contribution in [3.8, 4) is 5.75 Å². The van der Waals surface area contributed by atoms with E-state index >= 15 is 0 Å². The van der Waals surface area contributed by atoms with Crippen LogP contribution in [0.4, 0.5) is 10.1 Å². The zero-order chi connectivity index (χ0) is 13.9. The minimum Gasteiger partial charge on any atom is -0.492 e. The van der Waals surface area contributed by atoms with Crippen LogP contribution in [0.5, 0.6) is 5.75 Å². The van der Waals surface area contributed by atoms with Gasteiger partial charge in [-0.15, -0.1) is 0 Å². The van der Waals surface area contributed by atoms with Gasteiger partial charge in [-0.1, -0.05) is 0 Å². The van der Waals surface area contributed by atoms with Crippen LogP contribution in [0.1, 0.15) is 31.5 Å². The number of anilines is 1. The van der Waals surface area contributed by atoms with Gasteiger partial charge < -0.3 is 14.6 Å². The van der Waals surface area contributed by atoms with E-state index in [4.69, 9.17) is 4.74 Å². The normalized spacial score (nSPS) is 14.3. The van der Waals surface area contributed by atoms with Crippen molar-refractivity contribution in [3.05, 3.63) is 42.2 Å². The van der Waals surface area contributed by atoms with Crippen LogP contribution in [0, 0.1) is 5.82 Å². The molecule has 1 aromatic heterocycles. The lowest BCUT2D eigenvalue weighted by molar-refractivity contribution is 0.339. The summed E-state index contributed by atoms with van der Waals surface area (Å²) in [5, 5.41) is 3.30. The lowest BCUT2D eigenvalue weighted by Gasteiger charge is -2.13. The average Bonchev–Trinajstić information content (AvgIpc) is 3.17. The molecule has 106 valence electrons. The highest BCUT2D eigenvalue weighted by Crippen LogP contribution is 2.36. The number of benzene rings is 1. The summed E-state index contributed by atoms with van der Waals surface area (Å²) in [7, 11) is 0. The number of nitrogens with zero attached hydrogens (tertiary/aromatic N) is 2. The predicted octanol–water partition coefficient (Wildman–Crippen LogP) is 3.37. The van der Waals surface area contributed by atoms with Crippen LogP contribution in [0.3, 0.4) is 0 Å². The molecule has 1 aliphatic rings. The van der Waals surface area contributed by atoms with Gasteiger partial charge in [-0.3, -0.25) is 0 Å². The smallest absolute Gasteiger partial charge is 0.145 e. The van der Waals surface area contributed by atoms with Gasteiger partial charge in [0.25, 0.3) is 0 Å². The molecule has 1 fully saturated rings. The lowest BCUT2D eigenvalue weighted by atomic mass is 10.2. The van der Waals surface area contributed by atoms with Crippen molar-refractivity contribution in [2.24, 2.45) is 0 Å². The Labute approximate surface area is 117 Å². The monoisotopic (exact) mass is 275 g/mol. The van der Waals surface area contributed by atoms with Crippen LogP contribution in [-0.2, 0) is 6.54 Å². The Balaban J connectivity index is 1.72. The van der Waals surface area contributed by atoms with E-state index in [1.165, 1.54) is 25.0 Å². The van der Waals surface area contributed by atoms with Crippen LogP contribution in [-0.4, -0.2) is 16.2 Å². The first kappa shape index (κ1) is 13.0. The second-order valence-corrected chi connectivity index (χ2v) is 4.95. The van der Waals surface area contributed by atoms with E-state index in [-0.39, 0.29) is 5.82 Å². The molecule has 0 spiro atoms. The van der Waals surface area contributed by atoms with E-state index in [2.05, 4.69) is 14.9 Å². The topological polar surface area (TPSA) is 39.1 Å². The third-order valence-corrected chi connectivity index (χ3v) is 3.39. The summed E-state index contributed by atoms with van der Waals surface area (Å²) in [5.41, 5.74) is 1.94. The molecule has 0 bridgehead atoms. The first-order valence-electron chi connectivity index (χ1n) is 6.95. The predicted molar refractivity (Wildman–Crippen MR) is 75.4 cm³/mol. The highest BCUT2D eigenvalue weighted by atomic mass is 19.1. The molecule has 1 N–H and O–H groups in total. The molecule has 3 rings (SSSR count). The zero-order valence-corrected chi connectivity index (χ0v) is 11.5. The van der Waals surface area contributed by atoms with Crippen LogP contribution < -0.4 is 10.1 Å². The third-order valence-electron chi connectivity index (χ3n) is 3.39.